The van der Waals surface area contributed by atoms with Crippen LogP contribution < -0.4 is 10.2 Å². The third kappa shape index (κ3) is 2.56. The number of rotatable bonds is 4. The lowest BCUT2D eigenvalue weighted by Gasteiger charge is -2.15. The van der Waals surface area contributed by atoms with E-state index in [1.54, 1.807) is 0 Å². The molecule has 6 nitrogen and oxygen atoms in total. The van der Waals surface area contributed by atoms with Crippen molar-refractivity contribution >= 4 is 22.7 Å². The van der Waals surface area contributed by atoms with Gasteiger partial charge in [-0.2, -0.15) is 15.0 Å². The molecule has 0 radical (unpaired) electrons. The highest BCUT2D eigenvalue weighted by Crippen LogP contribution is 2.39. The summed E-state index contributed by atoms with van der Waals surface area (Å²) >= 11 is 0. The Morgan fingerprint density at radius 3 is 2.63 bits per heavy atom. The second-order valence-electron chi connectivity index (χ2n) is 5.55. The van der Waals surface area contributed by atoms with E-state index in [1.165, 1.54) is 25.7 Å². The molecule has 7 heteroatoms. The summed E-state index contributed by atoms with van der Waals surface area (Å²) in [7, 11) is -0.755. The van der Waals surface area contributed by atoms with Crippen LogP contribution in [0.3, 0.4) is 0 Å². The summed E-state index contributed by atoms with van der Waals surface area (Å²) in [5.74, 6) is 4.09. The lowest BCUT2D eigenvalue weighted by molar-refractivity contribution is 0.687. The molecule has 1 unspecified atom stereocenters. The van der Waals surface area contributed by atoms with Gasteiger partial charge in [0.25, 0.3) is 0 Å². The summed E-state index contributed by atoms with van der Waals surface area (Å²) < 4.78 is 11.5. The Bertz CT molecular complexity index is 529. The van der Waals surface area contributed by atoms with E-state index in [0.29, 0.717) is 29.7 Å². The van der Waals surface area contributed by atoms with Gasteiger partial charge >= 0.3 is 0 Å². The fraction of sp³-hybridized carbons (Fsp3) is 0.750. The lowest BCUT2D eigenvalue weighted by Crippen LogP contribution is -2.23. The average molecular weight is 279 g/mol. The van der Waals surface area contributed by atoms with E-state index in [-0.39, 0.29) is 0 Å². The van der Waals surface area contributed by atoms with Gasteiger partial charge in [0.05, 0.1) is 5.88 Å². The quantitative estimate of drug-likeness (QED) is 0.881. The van der Waals surface area contributed by atoms with Crippen molar-refractivity contribution in [2.24, 2.45) is 0 Å². The first-order valence-electron chi connectivity index (χ1n) is 6.90. The van der Waals surface area contributed by atoms with Crippen molar-refractivity contribution in [1.82, 2.24) is 15.0 Å². The Morgan fingerprint density at radius 2 is 2.00 bits per heavy atom. The lowest BCUT2D eigenvalue weighted by atomic mass is 10.4. The van der Waals surface area contributed by atoms with E-state index in [4.69, 9.17) is 0 Å². The molecule has 1 saturated heterocycles. The molecule has 1 aromatic heterocycles. The number of hydrogen-bond acceptors (Lipinski definition) is 6. The van der Waals surface area contributed by atoms with Gasteiger partial charge in [0.2, 0.25) is 11.9 Å². The highest BCUT2D eigenvalue weighted by atomic mass is 32.2. The average Bonchev–Trinajstić information content (AvgIpc) is 3.30. The monoisotopic (exact) mass is 279 g/mol. The van der Waals surface area contributed by atoms with E-state index in [2.05, 4.69) is 20.3 Å². The van der Waals surface area contributed by atoms with Crippen LogP contribution in [0.2, 0.25) is 0 Å². The summed E-state index contributed by atoms with van der Waals surface area (Å²) in [6, 6.07) is 0.537. The van der Waals surface area contributed by atoms with E-state index >= 15 is 0 Å². The minimum atomic E-state index is -0.755. The highest BCUT2D eigenvalue weighted by molar-refractivity contribution is 7.85. The minimum absolute atomic E-state index is 0.509. The van der Waals surface area contributed by atoms with Crippen LogP contribution in [0.25, 0.3) is 0 Å². The smallest absolute Gasteiger partial charge is 0.231 e. The van der Waals surface area contributed by atoms with E-state index in [0.717, 1.165) is 18.1 Å². The molecule has 4 rings (SSSR count). The Labute approximate surface area is 114 Å². The van der Waals surface area contributed by atoms with Gasteiger partial charge in [-0.25, -0.2) is 0 Å². The molecular weight excluding hydrogens is 262 g/mol. The molecule has 3 fully saturated rings. The number of anilines is 2. The van der Waals surface area contributed by atoms with Gasteiger partial charge in [-0.1, -0.05) is 0 Å². The topological polar surface area (TPSA) is 71.0 Å². The van der Waals surface area contributed by atoms with Gasteiger partial charge in [0.15, 0.2) is 0 Å². The van der Waals surface area contributed by atoms with Crippen molar-refractivity contribution in [1.29, 1.82) is 0 Å². The maximum absolute atomic E-state index is 11.5. The Morgan fingerprint density at radius 1 is 1.16 bits per heavy atom. The van der Waals surface area contributed by atoms with E-state index in [9.17, 15) is 4.21 Å². The molecule has 19 heavy (non-hydrogen) atoms. The number of nitrogens with one attached hydrogen (secondary N) is 1. The third-order valence-corrected chi connectivity index (χ3v) is 4.90. The molecule has 0 bridgehead atoms. The van der Waals surface area contributed by atoms with Gasteiger partial charge < -0.3 is 10.2 Å². The molecule has 3 aliphatic rings. The predicted molar refractivity (Wildman–Crippen MR) is 73.7 cm³/mol. The molecule has 1 aromatic rings. The van der Waals surface area contributed by atoms with Crippen molar-refractivity contribution in [2.75, 3.05) is 28.4 Å². The van der Waals surface area contributed by atoms with Crippen molar-refractivity contribution in [2.45, 2.75) is 37.6 Å². The summed E-state index contributed by atoms with van der Waals surface area (Å²) in [6.45, 7) is 0.781. The van der Waals surface area contributed by atoms with Crippen molar-refractivity contribution in [3.05, 3.63) is 5.82 Å². The third-order valence-electron chi connectivity index (χ3n) is 3.67. The molecule has 2 saturated carbocycles. The zero-order valence-electron chi connectivity index (χ0n) is 10.7. The molecule has 1 atom stereocenters. The highest BCUT2D eigenvalue weighted by Gasteiger charge is 2.31. The summed E-state index contributed by atoms with van der Waals surface area (Å²) in [6.07, 6.45) is 4.76. The number of aromatic nitrogens is 3. The zero-order valence-corrected chi connectivity index (χ0v) is 11.5. The fourth-order valence-electron chi connectivity index (χ4n) is 2.19. The van der Waals surface area contributed by atoms with Gasteiger partial charge in [-0.15, -0.1) is 0 Å². The van der Waals surface area contributed by atoms with Crippen LogP contribution >= 0.6 is 0 Å². The first-order valence-corrected chi connectivity index (χ1v) is 8.39. The van der Waals surface area contributed by atoms with Crippen molar-refractivity contribution in [3.8, 4) is 0 Å². The molecule has 0 aromatic carbocycles. The van der Waals surface area contributed by atoms with Crippen LogP contribution in [0.15, 0.2) is 0 Å². The van der Waals surface area contributed by atoms with Crippen LogP contribution in [0.5, 0.6) is 0 Å². The first-order chi connectivity index (χ1) is 9.28. The normalized spacial score (nSPS) is 26.7. The second-order valence-corrected chi connectivity index (χ2v) is 7.09. The van der Waals surface area contributed by atoms with E-state index in [1.807, 2.05) is 4.90 Å². The Balaban J connectivity index is 1.63. The van der Waals surface area contributed by atoms with Crippen LogP contribution in [0, 0.1) is 0 Å². The van der Waals surface area contributed by atoms with Crippen LogP contribution in [0.4, 0.5) is 11.9 Å². The molecule has 2 aliphatic carbocycles. The Hall–Kier alpha value is -1.24. The number of nitrogens with zero attached hydrogens (tertiary/aromatic N) is 4. The predicted octanol–water partition coefficient (Wildman–Crippen LogP) is 0.849. The second kappa shape index (κ2) is 4.40. The zero-order chi connectivity index (χ0) is 12.8. The molecular formula is C12H17N5OS. The standard InChI is InChI=1S/C12H17N5OS/c18-19-6-5-17(7-19)12-15-10(8-1-2-8)14-11(16-12)13-9-3-4-9/h8-9H,1-7H2,(H,13,14,15,16). The minimum Gasteiger partial charge on any atom is -0.351 e. The summed E-state index contributed by atoms with van der Waals surface area (Å²) in [5.41, 5.74) is 0. The van der Waals surface area contributed by atoms with Crippen molar-refractivity contribution < 1.29 is 4.21 Å². The first kappa shape index (κ1) is 11.6. The van der Waals surface area contributed by atoms with Crippen molar-refractivity contribution in [3.63, 3.8) is 0 Å². The molecule has 1 N–H and O–H groups in total. The maximum atomic E-state index is 11.5. The largest absolute Gasteiger partial charge is 0.351 e. The van der Waals surface area contributed by atoms with Gasteiger partial charge in [-0.05, 0) is 25.7 Å². The molecule has 102 valence electrons. The van der Waals surface area contributed by atoms with E-state index < -0.39 is 10.8 Å². The fourth-order valence-corrected chi connectivity index (χ4v) is 3.34. The maximum Gasteiger partial charge on any atom is 0.231 e. The molecule has 1 aliphatic heterocycles. The number of hydrogen-bond donors (Lipinski definition) is 1. The SMILES string of the molecule is O=S1CCN(c2nc(NC3CC3)nc(C3CC3)n2)C1. The summed E-state index contributed by atoms with van der Waals surface area (Å²) in [5, 5.41) is 3.35. The van der Waals surface area contributed by atoms with Crippen LogP contribution in [-0.4, -0.2) is 43.4 Å². The van der Waals surface area contributed by atoms with Gasteiger partial charge in [0, 0.05) is 35.1 Å². The van der Waals surface area contributed by atoms with Crippen LogP contribution in [-0.2, 0) is 10.8 Å². The van der Waals surface area contributed by atoms with Gasteiger partial charge in [0.1, 0.15) is 5.82 Å². The molecule has 0 amide bonds. The Kier molecular flexibility index (Phi) is 2.68. The summed E-state index contributed by atoms with van der Waals surface area (Å²) in [4.78, 5) is 15.6. The molecule has 0 spiro atoms. The van der Waals surface area contributed by atoms with Crippen LogP contribution in [0.1, 0.15) is 37.4 Å². The van der Waals surface area contributed by atoms with Gasteiger partial charge in [-0.3, -0.25) is 4.21 Å². The molecule has 2 heterocycles.